The lowest BCUT2D eigenvalue weighted by atomic mass is 9.85. The van der Waals surface area contributed by atoms with E-state index in [0.29, 0.717) is 22.3 Å². The van der Waals surface area contributed by atoms with Gasteiger partial charge in [0.05, 0.1) is 12.4 Å². The largest absolute Gasteiger partial charge is 0.435 e. The summed E-state index contributed by atoms with van der Waals surface area (Å²) in [6.07, 6.45) is -5.27. The Balaban J connectivity index is 1.63. The average Bonchev–Trinajstić information content (AvgIpc) is 3.34. The fourth-order valence-electron chi connectivity index (χ4n) is 3.89. The van der Waals surface area contributed by atoms with Crippen LogP contribution in [-0.4, -0.2) is 41.8 Å². The summed E-state index contributed by atoms with van der Waals surface area (Å²) in [6, 6.07) is 8.83. The number of hydrogen-bond donors (Lipinski definition) is 1. The van der Waals surface area contributed by atoms with Crippen LogP contribution < -0.4 is 5.32 Å². The van der Waals surface area contributed by atoms with Gasteiger partial charge in [0.2, 0.25) is 5.91 Å². The van der Waals surface area contributed by atoms with E-state index in [1.165, 1.54) is 29.2 Å². The SMILES string of the molecule is Cc1cc(Cl)cc(C2(C(F)(F)F)CC(c3ccc(C(=O)N4CNC(=O)C4)c(C)c3)=NO2)c1. The molecule has 1 saturated heterocycles. The van der Waals surface area contributed by atoms with E-state index in [1.807, 2.05) is 0 Å². The number of oxime groups is 1. The maximum Gasteiger partial charge on any atom is 0.435 e. The monoisotopic (exact) mass is 465 g/mol. The first-order valence-electron chi connectivity index (χ1n) is 9.76. The van der Waals surface area contributed by atoms with Crippen LogP contribution in [0.3, 0.4) is 0 Å². The molecule has 2 amide bonds. The lowest BCUT2D eigenvalue weighted by Crippen LogP contribution is -2.42. The lowest BCUT2D eigenvalue weighted by molar-refractivity contribution is -0.275. The molecule has 1 atom stereocenters. The van der Waals surface area contributed by atoms with E-state index >= 15 is 0 Å². The number of aryl methyl sites for hydroxylation is 2. The van der Waals surface area contributed by atoms with Crippen LogP contribution >= 0.6 is 11.6 Å². The van der Waals surface area contributed by atoms with Gasteiger partial charge in [-0.05, 0) is 54.8 Å². The third kappa shape index (κ3) is 3.81. The van der Waals surface area contributed by atoms with Gasteiger partial charge < -0.3 is 15.1 Å². The number of amides is 2. The van der Waals surface area contributed by atoms with Gasteiger partial charge in [-0.25, -0.2) is 0 Å². The second-order valence-electron chi connectivity index (χ2n) is 7.94. The van der Waals surface area contributed by atoms with Gasteiger partial charge in [-0.3, -0.25) is 9.59 Å². The molecule has 0 radical (unpaired) electrons. The van der Waals surface area contributed by atoms with Crippen LogP contribution in [0.4, 0.5) is 13.2 Å². The number of hydrogen-bond acceptors (Lipinski definition) is 4. The van der Waals surface area contributed by atoms with Gasteiger partial charge in [0.1, 0.15) is 6.54 Å². The third-order valence-corrected chi connectivity index (χ3v) is 5.79. The minimum absolute atomic E-state index is 0.0340. The van der Waals surface area contributed by atoms with Crippen molar-refractivity contribution in [3.63, 3.8) is 0 Å². The predicted octanol–water partition coefficient (Wildman–Crippen LogP) is 4.07. The molecule has 0 spiro atoms. The Labute approximate surface area is 187 Å². The summed E-state index contributed by atoms with van der Waals surface area (Å²) in [7, 11) is 0. The highest BCUT2D eigenvalue weighted by atomic mass is 35.5. The topological polar surface area (TPSA) is 71.0 Å². The predicted molar refractivity (Wildman–Crippen MR) is 111 cm³/mol. The van der Waals surface area contributed by atoms with Crippen molar-refractivity contribution in [3.8, 4) is 0 Å². The van der Waals surface area contributed by atoms with E-state index in [2.05, 4.69) is 10.5 Å². The number of rotatable bonds is 3. The molecule has 0 aromatic heterocycles. The number of carbonyl (C=O) groups excluding carboxylic acids is 2. The van der Waals surface area contributed by atoms with Crippen LogP contribution in [0.2, 0.25) is 5.02 Å². The molecule has 2 aromatic rings. The van der Waals surface area contributed by atoms with E-state index in [9.17, 15) is 22.8 Å². The van der Waals surface area contributed by atoms with Crippen molar-refractivity contribution < 1.29 is 27.6 Å². The summed E-state index contributed by atoms with van der Waals surface area (Å²) in [5.74, 6) is -0.583. The fourth-order valence-corrected chi connectivity index (χ4v) is 4.18. The van der Waals surface area contributed by atoms with Crippen molar-refractivity contribution in [1.82, 2.24) is 10.2 Å². The standard InChI is InChI=1S/C22H19ClF3N3O3/c1-12-5-15(8-16(23)6-12)21(22(24,25)26)9-18(28-32-21)14-3-4-17(13(2)7-14)20(31)29-10-19(30)27-11-29/h3-8H,9-11H2,1-2H3,(H,27,30). The molecular weight excluding hydrogens is 447 g/mol. The van der Waals surface area contributed by atoms with Crippen LogP contribution in [0.15, 0.2) is 41.6 Å². The van der Waals surface area contributed by atoms with Crippen molar-refractivity contribution in [1.29, 1.82) is 0 Å². The van der Waals surface area contributed by atoms with Crippen LogP contribution in [-0.2, 0) is 15.2 Å². The molecule has 2 aliphatic rings. The second-order valence-corrected chi connectivity index (χ2v) is 8.38. The maximum atomic E-state index is 14.2. The molecule has 1 unspecified atom stereocenters. The third-order valence-electron chi connectivity index (χ3n) is 5.57. The molecule has 2 aromatic carbocycles. The Morgan fingerprint density at radius 2 is 1.97 bits per heavy atom. The number of benzene rings is 2. The molecule has 6 nitrogen and oxygen atoms in total. The van der Waals surface area contributed by atoms with Crippen molar-refractivity contribution in [3.05, 3.63) is 69.2 Å². The number of nitrogens with one attached hydrogen (secondary N) is 1. The smallest absolute Gasteiger partial charge is 0.374 e. The summed E-state index contributed by atoms with van der Waals surface area (Å²) in [4.78, 5) is 30.4. The molecule has 4 rings (SSSR count). The Hall–Kier alpha value is -3.07. The molecule has 2 heterocycles. The van der Waals surface area contributed by atoms with E-state index in [1.54, 1.807) is 26.0 Å². The Bertz CT molecular complexity index is 1130. The lowest BCUT2D eigenvalue weighted by Gasteiger charge is -2.29. The molecule has 1 N–H and O–H groups in total. The van der Waals surface area contributed by atoms with Crippen LogP contribution in [0.25, 0.3) is 0 Å². The summed E-state index contributed by atoms with van der Waals surface area (Å²) in [5.41, 5.74) is -0.762. The van der Waals surface area contributed by atoms with E-state index in [-0.39, 0.29) is 41.3 Å². The van der Waals surface area contributed by atoms with E-state index in [0.717, 1.165) is 0 Å². The van der Waals surface area contributed by atoms with E-state index in [4.69, 9.17) is 16.4 Å². The minimum atomic E-state index is -4.74. The Morgan fingerprint density at radius 3 is 2.56 bits per heavy atom. The molecular formula is C22H19ClF3N3O3. The van der Waals surface area contributed by atoms with Crippen LogP contribution in [0.5, 0.6) is 0 Å². The molecule has 168 valence electrons. The first-order valence-corrected chi connectivity index (χ1v) is 10.1. The zero-order valence-corrected chi connectivity index (χ0v) is 18.0. The van der Waals surface area contributed by atoms with Crippen molar-refractivity contribution >= 4 is 29.1 Å². The van der Waals surface area contributed by atoms with Gasteiger partial charge in [-0.15, -0.1) is 0 Å². The van der Waals surface area contributed by atoms with Crippen molar-refractivity contribution in [2.75, 3.05) is 13.2 Å². The normalized spacial score (nSPS) is 20.8. The van der Waals surface area contributed by atoms with Crippen molar-refractivity contribution in [2.45, 2.75) is 32.0 Å². The fraction of sp³-hybridized carbons (Fsp3) is 0.318. The quantitative estimate of drug-likeness (QED) is 0.743. The maximum absolute atomic E-state index is 14.2. The van der Waals surface area contributed by atoms with Gasteiger partial charge in [-0.2, -0.15) is 13.2 Å². The molecule has 1 fully saturated rings. The van der Waals surface area contributed by atoms with Crippen molar-refractivity contribution in [2.24, 2.45) is 5.16 Å². The number of carbonyl (C=O) groups is 2. The molecule has 10 heteroatoms. The molecule has 0 aliphatic carbocycles. The number of halogens is 4. The summed E-state index contributed by atoms with van der Waals surface area (Å²) < 4.78 is 42.5. The molecule has 0 bridgehead atoms. The summed E-state index contributed by atoms with van der Waals surface area (Å²) in [5, 5.41) is 6.50. The summed E-state index contributed by atoms with van der Waals surface area (Å²) >= 11 is 6.00. The molecule has 0 saturated carbocycles. The van der Waals surface area contributed by atoms with Gasteiger partial charge in [0, 0.05) is 22.6 Å². The van der Waals surface area contributed by atoms with Gasteiger partial charge in [0.15, 0.2) is 0 Å². The first-order chi connectivity index (χ1) is 15.0. The number of alkyl halides is 3. The zero-order chi connectivity index (χ0) is 23.3. The molecule has 32 heavy (non-hydrogen) atoms. The Morgan fingerprint density at radius 1 is 1.22 bits per heavy atom. The van der Waals surface area contributed by atoms with Crippen LogP contribution in [0.1, 0.15) is 39.0 Å². The van der Waals surface area contributed by atoms with Crippen LogP contribution in [0, 0.1) is 13.8 Å². The minimum Gasteiger partial charge on any atom is -0.374 e. The molecule has 2 aliphatic heterocycles. The second kappa shape index (κ2) is 7.81. The zero-order valence-electron chi connectivity index (χ0n) is 17.2. The first kappa shape index (κ1) is 22.1. The highest BCUT2D eigenvalue weighted by Gasteiger charge is 2.62. The highest BCUT2D eigenvalue weighted by molar-refractivity contribution is 6.30. The number of nitrogens with zero attached hydrogens (tertiary/aromatic N) is 2. The highest BCUT2D eigenvalue weighted by Crippen LogP contribution is 2.49. The van der Waals surface area contributed by atoms with Gasteiger partial charge in [-0.1, -0.05) is 28.9 Å². The van der Waals surface area contributed by atoms with Gasteiger partial charge in [0.25, 0.3) is 11.5 Å². The van der Waals surface area contributed by atoms with E-state index < -0.39 is 18.2 Å². The van der Waals surface area contributed by atoms with Gasteiger partial charge >= 0.3 is 6.18 Å². The summed E-state index contributed by atoms with van der Waals surface area (Å²) in [6.45, 7) is 3.41. The average molecular weight is 466 g/mol. The Kier molecular flexibility index (Phi) is 5.40.